The summed E-state index contributed by atoms with van der Waals surface area (Å²) in [6.45, 7) is 3.50. The number of carbonyl (C=O) groups excluding carboxylic acids is 2. The average Bonchev–Trinajstić information content (AvgIpc) is 2.54. The van der Waals surface area contributed by atoms with Gasteiger partial charge in [-0.2, -0.15) is 0 Å². The van der Waals surface area contributed by atoms with Crippen LogP contribution in [0.5, 0.6) is 5.75 Å². The number of nitro benzene ring substituents is 1. The van der Waals surface area contributed by atoms with E-state index in [0.717, 1.165) is 17.3 Å². The summed E-state index contributed by atoms with van der Waals surface area (Å²) < 4.78 is 5.13. The Labute approximate surface area is 154 Å². The maximum Gasteiger partial charge on any atom is 0.321 e. The van der Waals surface area contributed by atoms with Gasteiger partial charge in [-0.3, -0.25) is 19.7 Å². The van der Waals surface area contributed by atoms with E-state index in [1.165, 1.54) is 18.2 Å². The molecule has 26 heavy (non-hydrogen) atoms. The molecule has 0 aliphatic carbocycles. The Morgan fingerprint density at radius 3 is 2.58 bits per heavy atom. The van der Waals surface area contributed by atoms with Gasteiger partial charge in [-0.15, -0.1) is 11.8 Å². The number of nitrogens with zero attached hydrogens (tertiary/aromatic N) is 1. The van der Waals surface area contributed by atoms with Gasteiger partial charge in [0.15, 0.2) is 0 Å². The Morgan fingerprint density at radius 2 is 1.92 bits per heavy atom. The van der Waals surface area contributed by atoms with E-state index in [2.05, 4.69) is 5.32 Å². The van der Waals surface area contributed by atoms with E-state index in [4.69, 9.17) is 4.74 Å². The molecule has 0 aromatic heterocycles. The number of carbonyl (C=O) groups is 2. The Balaban J connectivity index is 1.77. The van der Waals surface area contributed by atoms with Crippen molar-refractivity contribution in [1.29, 1.82) is 0 Å². The van der Waals surface area contributed by atoms with Crippen LogP contribution >= 0.6 is 11.8 Å². The Kier molecular flexibility index (Phi) is 6.74. The third kappa shape index (κ3) is 5.89. The van der Waals surface area contributed by atoms with Crippen molar-refractivity contribution in [3.05, 3.63) is 63.7 Å². The number of rotatable bonds is 7. The molecule has 0 aliphatic rings. The van der Waals surface area contributed by atoms with Crippen molar-refractivity contribution in [1.82, 2.24) is 0 Å². The number of benzene rings is 2. The standard InChI is InChI=1S/C18H18N2O5S/c1-12-4-3-5-14(8-12)19-17(21)10-26-11-18(22)25-15-6-7-16(20(23)24)13(2)9-15/h3-9H,10-11H2,1-2H3,(H,19,21). The maximum atomic E-state index is 11.9. The molecule has 0 aliphatic heterocycles. The van der Waals surface area contributed by atoms with Crippen molar-refractivity contribution in [2.45, 2.75) is 13.8 Å². The van der Waals surface area contributed by atoms with E-state index in [-0.39, 0.29) is 28.8 Å². The largest absolute Gasteiger partial charge is 0.426 e. The lowest BCUT2D eigenvalue weighted by Gasteiger charge is -2.07. The number of anilines is 1. The van der Waals surface area contributed by atoms with E-state index >= 15 is 0 Å². The predicted molar refractivity (Wildman–Crippen MR) is 101 cm³/mol. The van der Waals surface area contributed by atoms with Crippen LogP contribution in [0.25, 0.3) is 0 Å². The molecule has 0 bridgehead atoms. The quantitative estimate of drug-likeness (QED) is 0.345. The highest BCUT2D eigenvalue weighted by Gasteiger charge is 2.13. The summed E-state index contributed by atoms with van der Waals surface area (Å²) >= 11 is 1.13. The van der Waals surface area contributed by atoms with E-state index in [9.17, 15) is 19.7 Å². The second-order valence-corrected chi connectivity index (χ2v) is 6.58. The van der Waals surface area contributed by atoms with Gasteiger partial charge >= 0.3 is 5.97 Å². The van der Waals surface area contributed by atoms with E-state index < -0.39 is 10.9 Å². The number of aryl methyl sites for hydroxylation is 2. The van der Waals surface area contributed by atoms with E-state index in [1.807, 2.05) is 25.1 Å². The molecule has 0 heterocycles. The van der Waals surface area contributed by atoms with Crippen molar-refractivity contribution >= 4 is 35.0 Å². The molecule has 1 N–H and O–H groups in total. The minimum atomic E-state index is -0.522. The van der Waals surface area contributed by atoms with Crippen LogP contribution in [-0.2, 0) is 9.59 Å². The molecule has 8 heteroatoms. The van der Waals surface area contributed by atoms with Gasteiger partial charge in [-0.1, -0.05) is 12.1 Å². The number of nitrogens with one attached hydrogen (secondary N) is 1. The zero-order valence-corrected chi connectivity index (χ0v) is 15.2. The lowest BCUT2D eigenvalue weighted by Crippen LogP contribution is -2.17. The molecule has 2 rings (SSSR count). The van der Waals surface area contributed by atoms with Crippen LogP contribution in [0.15, 0.2) is 42.5 Å². The molecular weight excluding hydrogens is 356 g/mol. The highest BCUT2D eigenvalue weighted by atomic mass is 32.2. The molecular formula is C18H18N2O5S. The second kappa shape index (κ2) is 9.00. The third-order valence-electron chi connectivity index (χ3n) is 3.35. The van der Waals surface area contributed by atoms with E-state index in [0.29, 0.717) is 11.3 Å². The summed E-state index contributed by atoms with van der Waals surface area (Å²) in [6, 6.07) is 11.5. The van der Waals surface area contributed by atoms with Crippen LogP contribution < -0.4 is 10.1 Å². The van der Waals surface area contributed by atoms with Gasteiger partial charge in [0.1, 0.15) is 5.75 Å². The molecule has 0 unspecified atom stereocenters. The average molecular weight is 374 g/mol. The van der Waals surface area contributed by atoms with Crippen LogP contribution in [0.2, 0.25) is 0 Å². The minimum Gasteiger partial charge on any atom is -0.426 e. The van der Waals surface area contributed by atoms with E-state index in [1.54, 1.807) is 13.0 Å². The number of hydrogen-bond acceptors (Lipinski definition) is 6. The first-order valence-electron chi connectivity index (χ1n) is 7.75. The first kappa shape index (κ1) is 19.5. The lowest BCUT2D eigenvalue weighted by molar-refractivity contribution is -0.385. The molecule has 1 amide bonds. The predicted octanol–water partition coefficient (Wildman–Crippen LogP) is 3.49. The number of esters is 1. The Morgan fingerprint density at radius 1 is 1.15 bits per heavy atom. The van der Waals surface area contributed by atoms with Crippen molar-refractivity contribution < 1.29 is 19.2 Å². The second-order valence-electron chi connectivity index (χ2n) is 5.59. The van der Waals surface area contributed by atoms with Crippen molar-refractivity contribution in [3.8, 4) is 5.75 Å². The molecule has 136 valence electrons. The topological polar surface area (TPSA) is 98.5 Å². The van der Waals surface area contributed by atoms with Gasteiger partial charge in [-0.05, 0) is 43.7 Å². The van der Waals surface area contributed by atoms with Crippen LogP contribution in [-0.4, -0.2) is 28.3 Å². The fourth-order valence-electron chi connectivity index (χ4n) is 2.20. The van der Waals surface area contributed by atoms with Gasteiger partial charge < -0.3 is 10.1 Å². The molecule has 2 aromatic rings. The lowest BCUT2D eigenvalue weighted by atomic mass is 10.2. The Bertz CT molecular complexity index is 838. The maximum absolute atomic E-state index is 11.9. The van der Waals surface area contributed by atoms with Crippen molar-refractivity contribution in [3.63, 3.8) is 0 Å². The molecule has 0 radical (unpaired) electrons. The zero-order valence-electron chi connectivity index (χ0n) is 14.4. The van der Waals surface area contributed by atoms with Gasteiger partial charge in [0.25, 0.3) is 5.69 Å². The van der Waals surface area contributed by atoms with Crippen LogP contribution in [0, 0.1) is 24.0 Å². The van der Waals surface area contributed by atoms with Gasteiger partial charge in [-0.25, -0.2) is 0 Å². The third-order valence-corrected chi connectivity index (χ3v) is 4.26. The summed E-state index contributed by atoms with van der Waals surface area (Å²) in [6.07, 6.45) is 0. The highest BCUT2D eigenvalue weighted by Crippen LogP contribution is 2.23. The smallest absolute Gasteiger partial charge is 0.321 e. The monoisotopic (exact) mass is 374 g/mol. The van der Waals surface area contributed by atoms with Crippen molar-refractivity contribution in [2.24, 2.45) is 0 Å². The number of thioether (sulfide) groups is 1. The fourth-order valence-corrected chi connectivity index (χ4v) is 2.79. The van der Waals surface area contributed by atoms with Gasteiger partial charge in [0.05, 0.1) is 16.4 Å². The molecule has 2 aromatic carbocycles. The molecule has 0 spiro atoms. The van der Waals surface area contributed by atoms with Gasteiger partial charge in [0.2, 0.25) is 5.91 Å². The van der Waals surface area contributed by atoms with Crippen LogP contribution in [0.4, 0.5) is 11.4 Å². The van der Waals surface area contributed by atoms with Crippen molar-refractivity contribution in [2.75, 3.05) is 16.8 Å². The first-order valence-corrected chi connectivity index (χ1v) is 8.90. The SMILES string of the molecule is Cc1cccc(NC(=O)CSCC(=O)Oc2ccc([N+](=O)[O-])c(C)c2)c1. The number of nitro groups is 1. The zero-order chi connectivity index (χ0) is 19.1. The number of ether oxygens (including phenoxy) is 1. The van der Waals surface area contributed by atoms with Crippen LogP contribution in [0.3, 0.4) is 0 Å². The summed E-state index contributed by atoms with van der Waals surface area (Å²) in [4.78, 5) is 34.0. The minimum absolute atomic E-state index is 0.00271. The summed E-state index contributed by atoms with van der Waals surface area (Å²) in [7, 11) is 0. The number of hydrogen-bond donors (Lipinski definition) is 1. The van der Waals surface area contributed by atoms with Crippen LogP contribution in [0.1, 0.15) is 11.1 Å². The fraction of sp³-hybridized carbons (Fsp3) is 0.222. The highest BCUT2D eigenvalue weighted by molar-refractivity contribution is 8.00. The molecule has 0 atom stereocenters. The molecule has 0 fully saturated rings. The van der Waals surface area contributed by atoms with Gasteiger partial charge in [0, 0.05) is 17.3 Å². The summed E-state index contributed by atoms with van der Waals surface area (Å²) in [5, 5.41) is 13.5. The Hall–Kier alpha value is -2.87. The molecule has 7 nitrogen and oxygen atoms in total. The summed E-state index contributed by atoms with van der Waals surface area (Å²) in [5.41, 5.74) is 2.12. The normalized spacial score (nSPS) is 10.2. The number of amides is 1. The first-order chi connectivity index (χ1) is 12.3. The molecule has 0 saturated carbocycles. The molecule has 0 saturated heterocycles. The summed E-state index contributed by atoms with van der Waals surface area (Å²) in [5.74, 6) is -0.381.